The molecule has 2 atom stereocenters. The molecule has 6 heteroatoms. The Hall–Kier alpha value is 0.800. The van der Waals surface area contributed by atoms with Gasteiger partial charge in [0.05, 0.1) is 13.2 Å². The van der Waals surface area contributed by atoms with Crippen molar-refractivity contribution in [3.63, 3.8) is 0 Å². The monoisotopic (exact) mass is 390 g/mol. The maximum absolute atomic E-state index is 9.61. The van der Waals surface area contributed by atoms with Crippen molar-refractivity contribution in [1.29, 1.82) is 0 Å². The topological polar surface area (TPSA) is 58.9 Å². The molecule has 0 rings (SSSR count). The Balaban J connectivity index is 3.36. The van der Waals surface area contributed by atoms with E-state index in [0.29, 0.717) is 13.2 Å². The van der Waals surface area contributed by atoms with Crippen LogP contribution in [0, 0.1) is 0 Å². The molecule has 0 saturated heterocycles. The Morgan fingerprint density at radius 2 is 1.11 bits per heavy atom. The molecule has 4 nitrogen and oxygen atoms in total. The summed E-state index contributed by atoms with van der Waals surface area (Å²) < 4.78 is 10.5. The summed E-state index contributed by atoms with van der Waals surface area (Å²) in [6.45, 7) is 1.55. The second-order valence-corrected chi connectivity index (χ2v) is 5.66. The number of unbranched alkanes of at least 4 members (excludes halogenated alkanes) is 2. The highest BCUT2D eigenvalue weighted by atomic mass is 79.9. The first kappa shape index (κ1) is 18.8. The average Bonchev–Trinajstić information content (AvgIpc) is 2.37. The molecule has 0 bridgehead atoms. The Morgan fingerprint density at radius 1 is 0.722 bits per heavy atom. The fourth-order valence-corrected chi connectivity index (χ4v) is 2.02. The van der Waals surface area contributed by atoms with Gasteiger partial charge in [0.2, 0.25) is 0 Å². The van der Waals surface area contributed by atoms with Gasteiger partial charge in [-0.1, -0.05) is 31.9 Å². The van der Waals surface area contributed by atoms with Crippen molar-refractivity contribution < 1.29 is 19.7 Å². The van der Waals surface area contributed by atoms with Gasteiger partial charge in [-0.2, -0.15) is 0 Å². The average molecular weight is 392 g/mol. The lowest BCUT2D eigenvalue weighted by Gasteiger charge is -2.17. The SMILES string of the molecule is OC(COCCCCBr)C(O)COCCCCBr. The Labute approximate surface area is 126 Å². The van der Waals surface area contributed by atoms with Crippen LogP contribution in [0.15, 0.2) is 0 Å². The number of hydrogen-bond acceptors (Lipinski definition) is 4. The van der Waals surface area contributed by atoms with Gasteiger partial charge in [-0.3, -0.25) is 0 Å². The second-order valence-electron chi connectivity index (χ2n) is 4.08. The van der Waals surface area contributed by atoms with E-state index < -0.39 is 12.2 Å². The van der Waals surface area contributed by atoms with Crippen LogP contribution in [0.4, 0.5) is 0 Å². The molecule has 0 aromatic carbocycles. The van der Waals surface area contributed by atoms with Gasteiger partial charge in [0, 0.05) is 23.9 Å². The van der Waals surface area contributed by atoms with Gasteiger partial charge in [0.25, 0.3) is 0 Å². The van der Waals surface area contributed by atoms with Gasteiger partial charge in [0.1, 0.15) is 12.2 Å². The Morgan fingerprint density at radius 3 is 1.44 bits per heavy atom. The van der Waals surface area contributed by atoms with Gasteiger partial charge >= 0.3 is 0 Å². The number of hydrogen-bond donors (Lipinski definition) is 2. The normalized spacial score (nSPS) is 14.7. The van der Waals surface area contributed by atoms with Crippen LogP contribution in [-0.2, 0) is 9.47 Å². The number of halogens is 2. The summed E-state index contributed by atoms with van der Waals surface area (Å²) >= 11 is 6.67. The van der Waals surface area contributed by atoms with Crippen LogP contribution >= 0.6 is 31.9 Å². The first-order valence-electron chi connectivity index (χ1n) is 6.36. The minimum Gasteiger partial charge on any atom is -0.388 e. The summed E-state index contributed by atoms with van der Waals surface area (Å²) in [6.07, 6.45) is 2.27. The summed E-state index contributed by atoms with van der Waals surface area (Å²) in [6, 6.07) is 0. The highest BCUT2D eigenvalue weighted by Crippen LogP contribution is 2.00. The van der Waals surface area contributed by atoms with E-state index in [1.165, 1.54) is 0 Å². The van der Waals surface area contributed by atoms with Gasteiger partial charge in [-0.25, -0.2) is 0 Å². The third kappa shape index (κ3) is 11.9. The molecule has 0 fully saturated rings. The highest BCUT2D eigenvalue weighted by molar-refractivity contribution is 9.09. The van der Waals surface area contributed by atoms with E-state index in [9.17, 15) is 10.2 Å². The largest absolute Gasteiger partial charge is 0.388 e. The van der Waals surface area contributed by atoms with E-state index in [4.69, 9.17) is 9.47 Å². The number of aliphatic hydroxyl groups excluding tert-OH is 2. The number of aliphatic hydroxyl groups is 2. The van der Waals surface area contributed by atoms with Gasteiger partial charge < -0.3 is 19.7 Å². The molecule has 2 N–H and O–H groups in total. The molecular weight excluding hydrogens is 368 g/mol. The maximum Gasteiger partial charge on any atom is 0.105 e. The lowest BCUT2D eigenvalue weighted by molar-refractivity contribution is -0.0708. The van der Waals surface area contributed by atoms with E-state index in [0.717, 1.165) is 36.3 Å². The fourth-order valence-electron chi connectivity index (χ4n) is 1.23. The minimum atomic E-state index is -0.870. The Bertz CT molecular complexity index is 154. The quantitative estimate of drug-likeness (QED) is 0.373. The molecule has 0 aliphatic heterocycles. The molecule has 0 amide bonds. The predicted molar refractivity (Wildman–Crippen MR) is 79.7 cm³/mol. The molecule has 110 valence electrons. The van der Waals surface area contributed by atoms with E-state index in [1.807, 2.05) is 0 Å². The van der Waals surface area contributed by atoms with Crippen molar-refractivity contribution in [3.8, 4) is 0 Å². The third-order valence-electron chi connectivity index (χ3n) is 2.37. The standard InChI is InChI=1S/C12H24Br2O4/c13-5-1-3-7-17-9-11(15)12(16)10-18-8-4-2-6-14/h11-12,15-16H,1-10H2. The van der Waals surface area contributed by atoms with Gasteiger partial charge in [-0.15, -0.1) is 0 Å². The zero-order chi connectivity index (χ0) is 13.6. The van der Waals surface area contributed by atoms with Gasteiger partial charge in [-0.05, 0) is 25.7 Å². The molecule has 0 aromatic rings. The first-order chi connectivity index (χ1) is 8.72. The van der Waals surface area contributed by atoms with Crippen LogP contribution in [0.3, 0.4) is 0 Å². The number of alkyl halides is 2. The van der Waals surface area contributed by atoms with Crippen molar-refractivity contribution in [3.05, 3.63) is 0 Å². The van der Waals surface area contributed by atoms with E-state index >= 15 is 0 Å². The number of ether oxygens (including phenoxy) is 2. The summed E-state index contributed by atoms with van der Waals surface area (Å²) in [5.74, 6) is 0. The minimum absolute atomic E-state index is 0.161. The molecule has 0 aliphatic rings. The van der Waals surface area contributed by atoms with E-state index in [-0.39, 0.29) is 13.2 Å². The number of rotatable bonds is 13. The second kappa shape index (κ2) is 14.2. The van der Waals surface area contributed by atoms with Crippen molar-refractivity contribution in [2.75, 3.05) is 37.1 Å². The summed E-state index contributed by atoms with van der Waals surface area (Å²) in [7, 11) is 0. The lowest BCUT2D eigenvalue weighted by Crippen LogP contribution is -2.34. The third-order valence-corrected chi connectivity index (χ3v) is 3.49. The van der Waals surface area contributed by atoms with Crippen LogP contribution in [-0.4, -0.2) is 59.5 Å². The highest BCUT2D eigenvalue weighted by Gasteiger charge is 2.16. The van der Waals surface area contributed by atoms with Crippen molar-refractivity contribution in [2.24, 2.45) is 0 Å². The van der Waals surface area contributed by atoms with E-state index in [1.54, 1.807) is 0 Å². The van der Waals surface area contributed by atoms with Crippen molar-refractivity contribution >= 4 is 31.9 Å². The molecule has 2 unspecified atom stereocenters. The zero-order valence-corrected chi connectivity index (χ0v) is 13.9. The van der Waals surface area contributed by atoms with Crippen molar-refractivity contribution in [2.45, 2.75) is 37.9 Å². The zero-order valence-electron chi connectivity index (χ0n) is 10.7. The molecule has 0 aliphatic carbocycles. The predicted octanol–water partition coefficient (Wildman–Crippen LogP) is 2.09. The smallest absolute Gasteiger partial charge is 0.105 e. The summed E-state index contributed by atoms with van der Waals surface area (Å²) in [4.78, 5) is 0. The van der Waals surface area contributed by atoms with E-state index in [2.05, 4.69) is 31.9 Å². The van der Waals surface area contributed by atoms with Crippen LogP contribution < -0.4 is 0 Å². The molecule has 0 spiro atoms. The molecule has 18 heavy (non-hydrogen) atoms. The lowest BCUT2D eigenvalue weighted by atomic mass is 10.2. The molecule has 0 radical (unpaired) electrons. The molecule has 0 saturated carbocycles. The maximum atomic E-state index is 9.61. The molecule has 0 aromatic heterocycles. The molecule has 0 heterocycles. The Kier molecular flexibility index (Phi) is 14.8. The van der Waals surface area contributed by atoms with Crippen LogP contribution in [0.1, 0.15) is 25.7 Å². The summed E-state index contributed by atoms with van der Waals surface area (Å²) in [5.41, 5.74) is 0. The fraction of sp³-hybridized carbons (Fsp3) is 1.00. The van der Waals surface area contributed by atoms with Crippen molar-refractivity contribution in [1.82, 2.24) is 0 Å². The summed E-state index contributed by atoms with van der Waals surface area (Å²) in [5, 5.41) is 21.1. The van der Waals surface area contributed by atoms with Crippen LogP contribution in [0.5, 0.6) is 0 Å². The molecular formula is C12H24Br2O4. The van der Waals surface area contributed by atoms with Gasteiger partial charge in [0.15, 0.2) is 0 Å². The first-order valence-corrected chi connectivity index (χ1v) is 8.60. The van der Waals surface area contributed by atoms with Crippen LogP contribution in [0.25, 0.3) is 0 Å². The van der Waals surface area contributed by atoms with Crippen LogP contribution in [0.2, 0.25) is 0 Å².